The third-order valence-corrected chi connectivity index (χ3v) is 5.90. The van der Waals surface area contributed by atoms with Crippen LogP contribution in [0.4, 0.5) is 11.4 Å². The monoisotopic (exact) mass is 483 g/mol. The van der Waals surface area contributed by atoms with Crippen LogP contribution in [0.3, 0.4) is 0 Å². The molecule has 166 valence electrons. The fourth-order valence-corrected chi connectivity index (χ4v) is 4.24. The minimum absolute atomic E-state index is 0.124. The van der Waals surface area contributed by atoms with Gasteiger partial charge in [0.2, 0.25) is 0 Å². The van der Waals surface area contributed by atoms with Crippen molar-refractivity contribution in [3.63, 3.8) is 0 Å². The first-order chi connectivity index (χ1) is 15.8. The maximum absolute atomic E-state index is 12.8. The van der Waals surface area contributed by atoms with E-state index in [4.69, 9.17) is 21.4 Å². The molecule has 4 aromatic rings. The largest absolute Gasteiger partial charge is 0.479 e. The number of nitrogens with one attached hydrogen (secondary N) is 1. The summed E-state index contributed by atoms with van der Waals surface area (Å²) in [6, 6.07) is 16.8. The summed E-state index contributed by atoms with van der Waals surface area (Å²) >= 11 is 7.65. The van der Waals surface area contributed by atoms with Crippen LogP contribution in [0.2, 0.25) is 5.02 Å². The highest BCUT2D eigenvalue weighted by atomic mass is 35.5. The molecule has 1 heterocycles. The second kappa shape index (κ2) is 9.23. The van der Waals surface area contributed by atoms with E-state index in [0.717, 1.165) is 32.9 Å². The second-order valence-electron chi connectivity index (χ2n) is 6.76. The number of nitro benzene ring substituents is 1. The molecule has 0 aliphatic rings. The Morgan fingerprint density at radius 3 is 2.67 bits per heavy atom. The minimum atomic E-state index is -1.31. The zero-order chi connectivity index (χ0) is 23.5. The third-order valence-electron chi connectivity index (χ3n) is 4.50. The number of carboxylic acids is 1. The summed E-state index contributed by atoms with van der Waals surface area (Å²) < 4.78 is 5.95. The van der Waals surface area contributed by atoms with Crippen molar-refractivity contribution in [1.29, 1.82) is 0 Å². The van der Waals surface area contributed by atoms with Crippen LogP contribution in [0.1, 0.15) is 10.4 Å². The fourth-order valence-electron chi connectivity index (χ4n) is 3.04. The number of para-hydroxylation sites is 1. The van der Waals surface area contributed by atoms with Crippen molar-refractivity contribution in [2.24, 2.45) is 0 Å². The van der Waals surface area contributed by atoms with Gasteiger partial charge in [0.1, 0.15) is 5.01 Å². The molecule has 9 nitrogen and oxygen atoms in total. The van der Waals surface area contributed by atoms with E-state index in [0.29, 0.717) is 5.69 Å². The SMILES string of the molecule is O=C(O)COc1cc(Cl)c(C(=O)Nc2cccc(-c3nc4ccccc4s3)c2)cc1[N+](=O)[O-]. The molecule has 4 rings (SSSR count). The summed E-state index contributed by atoms with van der Waals surface area (Å²) in [5, 5.41) is 23.4. The molecule has 0 saturated carbocycles. The van der Waals surface area contributed by atoms with Gasteiger partial charge in [0.25, 0.3) is 5.91 Å². The van der Waals surface area contributed by atoms with Gasteiger partial charge in [-0.05, 0) is 24.3 Å². The lowest BCUT2D eigenvalue weighted by Crippen LogP contribution is -2.14. The number of carboxylic acid groups (broad SMARTS) is 1. The molecular weight excluding hydrogens is 470 g/mol. The summed E-state index contributed by atoms with van der Waals surface area (Å²) in [4.78, 5) is 38.7. The number of hydrogen-bond acceptors (Lipinski definition) is 7. The molecule has 2 N–H and O–H groups in total. The standard InChI is InChI=1S/C22H14ClN3O6S/c23-15-10-18(32-11-20(27)28)17(26(30)31)9-14(15)21(29)24-13-5-3-4-12(8-13)22-25-16-6-1-2-7-19(16)33-22/h1-10H,11H2,(H,24,29)(H,27,28). The zero-order valence-electron chi connectivity index (χ0n) is 16.6. The molecule has 0 aliphatic carbocycles. The van der Waals surface area contributed by atoms with Gasteiger partial charge < -0.3 is 15.2 Å². The van der Waals surface area contributed by atoms with E-state index in [1.807, 2.05) is 30.3 Å². The molecule has 0 bridgehead atoms. The van der Waals surface area contributed by atoms with Crippen LogP contribution in [0.15, 0.2) is 60.7 Å². The predicted octanol–water partition coefficient (Wildman–Crippen LogP) is 5.24. The van der Waals surface area contributed by atoms with Crippen LogP contribution in [-0.4, -0.2) is 33.5 Å². The van der Waals surface area contributed by atoms with E-state index < -0.39 is 29.1 Å². The molecule has 0 spiro atoms. The number of hydrogen-bond donors (Lipinski definition) is 2. The van der Waals surface area contributed by atoms with Gasteiger partial charge in [-0.25, -0.2) is 9.78 Å². The van der Waals surface area contributed by atoms with Gasteiger partial charge in [0, 0.05) is 23.4 Å². The van der Waals surface area contributed by atoms with Crippen molar-refractivity contribution in [2.45, 2.75) is 0 Å². The first-order valence-electron chi connectivity index (χ1n) is 9.41. The van der Waals surface area contributed by atoms with Gasteiger partial charge in [-0.3, -0.25) is 14.9 Å². The highest BCUT2D eigenvalue weighted by Gasteiger charge is 2.23. The van der Waals surface area contributed by atoms with Crippen LogP contribution in [-0.2, 0) is 4.79 Å². The van der Waals surface area contributed by atoms with Crippen molar-refractivity contribution >= 4 is 56.4 Å². The minimum Gasteiger partial charge on any atom is -0.479 e. The predicted molar refractivity (Wildman–Crippen MR) is 124 cm³/mol. The fraction of sp³-hybridized carbons (Fsp3) is 0.0455. The smallest absolute Gasteiger partial charge is 0.341 e. The first kappa shape index (κ1) is 22.2. The number of nitro groups is 1. The molecule has 0 aliphatic heterocycles. The highest BCUT2D eigenvalue weighted by Crippen LogP contribution is 2.34. The lowest BCUT2D eigenvalue weighted by molar-refractivity contribution is -0.385. The zero-order valence-corrected chi connectivity index (χ0v) is 18.2. The summed E-state index contributed by atoms with van der Waals surface area (Å²) in [7, 11) is 0. The Kier molecular flexibility index (Phi) is 6.20. The van der Waals surface area contributed by atoms with E-state index in [2.05, 4.69) is 10.3 Å². The lowest BCUT2D eigenvalue weighted by Gasteiger charge is -2.10. The molecule has 11 heteroatoms. The Labute approximate surface area is 195 Å². The maximum Gasteiger partial charge on any atom is 0.341 e. The number of thiazole rings is 1. The number of carbonyl (C=O) groups excluding carboxylic acids is 1. The number of ether oxygens (including phenoxy) is 1. The number of nitrogens with zero attached hydrogens (tertiary/aromatic N) is 2. The van der Waals surface area contributed by atoms with E-state index in [1.165, 1.54) is 11.3 Å². The summed E-state index contributed by atoms with van der Waals surface area (Å²) in [6.45, 7) is -0.790. The number of anilines is 1. The first-order valence-corrected chi connectivity index (χ1v) is 10.6. The second-order valence-corrected chi connectivity index (χ2v) is 8.20. The summed E-state index contributed by atoms with van der Waals surface area (Å²) in [6.07, 6.45) is 0. The summed E-state index contributed by atoms with van der Waals surface area (Å²) in [5.74, 6) is -2.33. The molecule has 0 atom stereocenters. The molecule has 0 saturated heterocycles. The number of amides is 1. The maximum atomic E-state index is 12.8. The molecule has 0 fully saturated rings. The lowest BCUT2D eigenvalue weighted by atomic mass is 10.1. The van der Waals surface area contributed by atoms with Crippen molar-refractivity contribution in [1.82, 2.24) is 4.98 Å². The molecule has 3 aromatic carbocycles. The normalized spacial score (nSPS) is 10.7. The average Bonchev–Trinajstić information content (AvgIpc) is 3.22. The number of aromatic nitrogens is 1. The van der Waals surface area contributed by atoms with Crippen LogP contribution in [0, 0.1) is 10.1 Å². The van der Waals surface area contributed by atoms with Gasteiger partial charge in [-0.15, -0.1) is 11.3 Å². The van der Waals surface area contributed by atoms with Gasteiger partial charge in [0.15, 0.2) is 12.4 Å². The van der Waals surface area contributed by atoms with Crippen molar-refractivity contribution in [2.75, 3.05) is 11.9 Å². The summed E-state index contributed by atoms with van der Waals surface area (Å²) in [5.41, 5.74) is 1.38. The number of rotatable bonds is 7. The molecular formula is C22H14ClN3O6S. The number of halogens is 1. The van der Waals surface area contributed by atoms with Crippen LogP contribution in [0.5, 0.6) is 5.75 Å². The topological polar surface area (TPSA) is 132 Å². The van der Waals surface area contributed by atoms with Crippen LogP contribution < -0.4 is 10.1 Å². The van der Waals surface area contributed by atoms with Gasteiger partial charge in [0.05, 0.1) is 25.7 Å². The number of carbonyl (C=O) groups is 2. The Morgan fingerprint density at radius 1 is 1.15 bits per heavy atom. The van der Waals surface area contributed by atoms with Gasteiger partial charge in [-0.2, -0.15) is 0 Å². The van der Waals surface area contributed by atoms with Crippen molar-refractivity contribution in [3.05, 3.63) is 81.4 Å². The molecule has 1 aromatic heterocycles. The number of fused-ring (bicyclic) bond motifs is 1. The Hall–Kier alpha value is -4.02. The van der Waals surface area contributed by atoms with E-state index in [9.17, 15) is 19.7 Å². The van der Waals surface area contributed by atoms with E-state index >= 15 is 0 Å². The van der Waals surface area contributed by atoms with Crippen molar-refractivity contribution < 1.29 is 24.4 Å². The van der Waals surface area contributed by atoms with Gasteiger partial charge in [-0.1, -0.05) is 35.9 Å². The molecule has 1 amide bonds. The van der Waals surface area contributed by atoms with E-state index in [1.54, 1.807) is 18.2 Å². The number of benzene rings is 3. The Morgan fingerprint density at radius 2 is 1.94 bits per heavy atom. The third kappa shape index (κ3) is 4.92. The van der Waals surface area contributed by atoms with Crippen LogP contribution >= 0.6 is 22.9 Å². The van der Waals surface area contributed by atoms with Gasteiger partial charge >= 0.3 is 11.7 Å². The quantitative estimate of drug-likeness (QED) is 0.271. The molecule has 33 heavy (non-hydrogen) atoms. The molecule has 0 unspecified atom stereocenters. The number of aliphatic carboxylic acids is 1. The van der Waals surface area contributed by atoms with Crippen LogP contribution in [0.25, 0.3) is 20.8 Å². The Balaban J connectivity index is 1.60. The van der Waals surface area contributed by atoms with Crippen molar-refractivity contribution in [3.8, 4) is 16.3 Å². The molecule has 0 radical (unpaired) electrons. The van der Waals surface area contributed by atoms with E-state index in [-0.39, 0.29) is 16.3 Å². The Bertz CT molecular complexity index is 1370. The highest BCUT2D eigenvalue weighted by molar-refractivity contribution is 7.21. The average molecular weight is 484 g/mol.